The standard InChI is InChI=1S/C54H41NS/c1-53(2)46-19-11-8-16-39(46)41-27-24-37(32-48(41)53)55(38-25-28-42-40-17-9-12-20-47(40)54(3,4)49(42)33-38)50-29-23-35(30-45(50)34-14-6-5-7-15-34)36-22-26-44-43-18-10-13-21-51(43)56-52(44)31-36/h5-33H,1-4H3. The maximum Gasteiger partial charge on any atom is 0.0540 e. The maximum absolute atomic E-state index is 2.51. The SMILES string of the molecule is CC1(C)c2ccccc2-c2ccc(N(c3ccc4c(c3)C(C)(C)c3ccccc3-4)c3ccc(-c4ccc5c(c4)sc4ccccc45)cc3-c3ccccc3)cc21. The predicted molar refractivity (Wildman–Crippen MR) is 240 cm³/mol. The Balaban J connectivity index is 1.13. The minimum atomic E-state index is -0.119. The zero-order valence-corrected chi connectivity index (χ0v) is 32.9. The van der Waals surface area contributed by atoms with Crippen LogP contribution in [0.1, 0.15) is 49.9 Å². The molecule has 11 rings (SSSR count). The Bertz CT molecular complexity index is 2930. The van der Waals surface area contributed by atoms with Gasteiger partial charge in [-0.05, 0) is 110 Å². The molecule has 0 unspecified atom stereocenters. The highest BCUT2D eigenvalue weighted by Gasteiger charge is 2.38. The third kappa shape index (κ3) is 4.85. The molecule has 1 aromatic heterocycles. The molecule has 0 radical (unpaired) electrons. The van der Waals surface area contributed by atoms with Crippen LogP contribution in [0.3, 0.4) is 0 Å². The zero-order chi connectivity index (χ0) is 37.8. The van der Waals surface area contributed by atoms with E-state index in [-0.39, 0.29) is 10.8 Å². The van der Waals surface area contributed by atoms with Crippen molar-refractivity contribution in [1.82, 2.24) is 0 Å². The molecule has 56 heavy (non-hydrogen) atoms. The summed E-state index contributed by atoms with van der Waals surface area (Å²) >= 11 is 1.88. The van der Waals surface area contributed by atoms with Crippen molar-refractivity contribution in [2.45, 2.75) is 38.5 Å². The highest BCUT2D eigenvalue weighted by molar-refractivity contribution is 7.25. The van der Waals surface area contributed by atoms with E-state index in [1.807, 2.05) is 11.3 Å². The van der Waals surface area contributed by atoms with Gasteiger partial charge in [0, 0.05) is 47.9 Å². The summed E-state index contributed by atoms with van der Waals surface area (Å²) in [5.41, 5.74) is 18.9. The van der Waals surface area contributed by atoms with Gasteiger partial charge in [0.05, 0.1) is 5.69 Å². The summed E-state index contributed by atoms with van der Waals surface area (Å²) in [6, 6.07) is 65.9. The Morgan fingerprint density at radius 1 is 0.357 bits per heavy atom. The van der Waals surface area contributed by atoms with Gasteiger partial charge in [-0.3, -0.25) is 0 Å². The Kier molecular flexibility index (Phi) is 7.18. The van der Waals surface area contributed by atoms with E-state index < -0.39 is 0 Å². The van der Waals surface area contributed by atoms with E-state index in [1.54, 1.807) is 0 Å². The van der Waals surface area contributed by atoms with Gasteiger partial charge in [0.15, 0.2) is 0 Å². The molecule has 1 heterocycles. The molecule has 0 atom stereocenters. The number of hydrogen-bond acceptors (Lipinski definition) is 2. The lowest BCUT2D eigenvalue weighted by Crippen LogP contribution is -2.18. The second-order valence-corrected chi connectivity index (χ2v) is 17.6. The van der Waals surface area contributed by atoms with E-state index in [9.17, 15) is 0 Å². The molecule has 0 spiro atoms. The number of fused-ring (bicyclic) bond motifs is 9. The Morgan fingerprint density at radius 3 is 1.54 bits per heavy atom. The molecule has 0 saturated heterocycles. The fourth-order valence-electron chi connectivity index (χ4n) is 9.75. The van der Waals surface area contributed by atoms with Crippen LogP contribution in [0.15, 0.2) is 176 Å². The number of anilines is 3. The molecule has 9 aromatic rings. The summed E-state index contributed by atoms with van der Waals surface area (Å²) in [6.45, 7) is 9.49. The first-order chi connectivity index (χ1) is 27.3. The maximum atomic E-state index is 2.51. The van der Waals surface area contributed by atoms with Crippen LogP contribution in [-0.2, 0) is 10.8 Å². The van der Waals surface area contributed by atoms with Gasteiger partial charge in [-0.2, -0.15) is 0 Å². The van der Waals surface area contributed by atoms with Crippen molar-refractivity contribution in [3.8, 4) is 44.5 Å². The summed E-state index contributed by atoms with van der Waals surface area (Å²) in [7, 11) is 0. The largest absolute Gasteiger partial charge is 0.310 e. The zero-order valence-electron chi connectivity index (χ0n) is 32.1. The minimum Gasteiger partial charge on any atom is -0.310 e. The monoisotopic (exact) mass is 735 g/mol. The van der Waals surface area contributed by atoms with Gasteiger partial charge in [0.25, 0.3) is 0 Å². The quantitative estimate of drug-likeness (QED) is 0.170. The summed E-state index contributed by atoms with van der Waals surface area (Å²) in [5, 5.41) is 2.65. The van der Waals surface area contributed by atoms with Crippen LogP contribution in [0, 0.1) is 0 Å². The first-order valence-electron chi connectivity index (χ1n) is 19.7. The molecule has 0 bridgehead atoms. The third-order valence-electron chi connectivity index (χ3n) is 12.7. The topological polar surface area (TPSA) is 3.24 Å². The Morgan fingerprint density at radius 2 is 0.875 bits per heavy atom. The van der Waals surface area contributed by atoms with Crippen molar-refractivity contribution in [3.05, 3.63) is 198 Å². The van der Waals surface area contributed by atoms with Gasteiger partial charge in [0.2, 0.25) is 0 Å². The average molecular weight is 736 g/mol. The Labute approximate surface area is 333 Å². The van der Waals surface area contributed by atoms with Crippen LogP contribution in [0.25, 0.3) is 64.7 Å². The summed E-state index contributed by atoms with van der Waals surface area (Å²) in [5.74, 6) is 0. The van der Waals surface area contributed by atoms with Gasteiger partial charge < -0.3 is 4.90 Å². The number of nitrogens with zero attached hydrogens (tertiary/aromatic N) is 1. The molecule has 0 N–H and O–H groups in total. The third-order valence-corrected chi connectivity index (χ3v) is 13.8. The van der Waals surface area contributed by atoms with Crippen molar-refractivity contribution < 1.29 is 0 Å². The Hall–Kier alpha value is -6.22. The average Bonchev–Trinajstić information content (AvgIpc) is 3.80. The van der Waals surface area contributed by atoms with Gasteiger partial charge >= 0.3 is 0 Å². The second kappa shape index (κ2) is 12.1. The van der Waals surface area contributed by atoms with Gasteiger partial charge in [-0.1, -0.05) is 155 Å². The van der Waals surface area contributed by atoms with Crippen molar-refractivity contribution in [1.29, 1.82) is 0 Å². The van der Waals surface area contributed by atoms with Crippen molar-refractivity contribution in [2.24, 2.45) is 0 Å². The number of thiophene rings is 1. The molecule has 0 saturated carbocycles. The molecule has 2 aliphatic rings. The van der Waals surface area contributed by atoms with Crippen molar-refractivity contribution in [3.63, 3.8) is 0 Å². The van der Waals surface area contributed by atoms with Gasteiger partial charge in [-0.15, -0.1) is 11.3 Å². The smallest absolute Gasteiger partial charge is 0.0540 e. The first-order valence-corrected chi connectivity index (χ1v) is 20.5. The molecule has 268 valence electrons. The van der Waals surface area contributed by atoms with Crippen LogP contribution in [0.2, 0.25) is 0 Å². The lowest BCUT2D eigenvalue weighted by atomic mass is 9.82. The summed E-state index contributed by atoms with van der Waals surface area (Å²) < 4.78 is 2.65. The minimum absolute atomic E-state index is 0.119. The molecular weight excluding hydrogens is 695 g/mol. The van der Waals surface area contributed by atoms with Crippen LogP contribution in [0.5, 0.6) is 0 Å². The lowest BCUT2D eigenvalue weighted by molar-refractivity contribution is 0.660. The van der Waals surface area contributed by atoms with E-state index in [0.717, 1.165) is 17.1 Å². The van der Waals surface area contributed by atoms with E-state index >= 15 is 0 Å². The first kappa shape index (κ1) is 33.1. The van der Waals surface area contributed by atoms with Crippen molar-refractivity contribution in [2.75, 3.05) is 4.90 Å². The number of benzene rings is 8. The van der Waals surface area contributed by atoms with E-state index in [0.29, 0.717) is 0 Å². The lowest BCUT2D eigenvalue weighted by Gasteiger charge is -2.31. The number of hydrogen-bond donors (Lipinski definition) is 0. The van der Waals surface area contributed by atoms with E-state index in [1.165, 1.54) is 86.9 Å². The van der Waals surface area contributed by atoms with Gasteiger partial charge in [0.1, 0.15) is 0 Å². The second-order valence-electron chi connectivity index (χ2n) is 16.5. The van der Waals surface area contributed by atoms with E-state index in [4.69, 9.17) is 0 Å². The molecule has 2 heteroatoms. The molecule has 0 amide bonds. The van der Waals surface area contributed by atoms with Crippen molar-refractivity contribution >= 4 is 48.6 Å². The van der Waals surface area contributed by atoms with Gasteiger partial charge in [-0.25, -0.2) is 0 Å². The van der Waals surface area contributed by atoms with Crippen LogP contribution in [0.4, 0.5) is 17.1 Å². The highest BCUT2D eigenvalue weighted by Crippen LogP contribution is 2.54. The summed E-state index contributed by atoms with van der Waals surface area (Å²) in [4.78, 5) is 2.51. The van der Waals surface area contributed by atoms with E-state index in [2.05, 4.69) is 209 Å². The van der Waals surface area contributed by atoms with Crippen LogP contribution >= 0.6 is 11.3 Å². The molecule has 0 aliphatic heterocycles. The molecule has 8 aromatic carbocycles. The fraction of sp³-hybridized carbons (Fsp3) is 0.111. The van der Waals surface area contributed by atoms with Crippen LogP contribution in [-0.4, -0.2) is 0 Å². The molecule has 1 nitrogen and oxygen atoms in total. The normalized spacial score (nSPS) is 14.4. The predicted octanol–water partition coefficient (Wildman–Crippen LogP) is 15.5. The summed E-state index contributed by atoms with van der Waals surface area (Å²) in [6.07, 6.45) is 0. The highest BCUT2D eigenvalue weighted by atomic mass is 32.1. The fourth-order valence-corrected chi connectivity index (χ4v) is 10.9. The molecule has 2 aliphatic carbocycles. The number of rotatable bonds is 5. The van der Waals surface area contributed by atoms with Crippen LogP contribution < -0.4 is 4.90 Å². The molecule has 0 fully saturated rings. The molecular formula is C54H41NS.